The third-order valence-corrected chi connectivity index (χ3v) is 26.0. The SMILES string of the molecule is CC1(C)OB(B2OC(C)(C)C(C)(C)O2)OC1(C)C.CC1(C)OB(c2ccccc2C(=O)c2ccc(Cl)cc2)OC1(C)C.CNOC.CON(C)C(=O)c1ccccc1Br.Cl.Clc1cc[c-]cc1.Cn1cc(-c2ccccc2C(=O)c2ccc(Cl)cc2)c(CNC(=O)OC(C)(C)C)cc1=O.Cn1cc(Br)c(CNC(=O)OC(C)(C)C)cc1=O.O=C(O)c1ccccc1Br.O=C(c1ccc(Cl)cc1)c1ccccc1Br.[Br-].[Mg+2]. The molecule has 9 aromatic carbocycles. The van der Waals surface area contributed by atoms with Crippen molar-refractivity contribution in [3.05, 3.63) is 363 Å². The van der Waals surface area contributed by atoms with E-state index >= 15 is 0 Å². The molecule has 4 N–H and O–H groups in total. The summed E-state index contributed by atoms with van der Waals surface area (Å²) in [6, 6.07) is 69.2. The molecule has 40 heteroatoms. The molecule has 11 aromatic rings. The Balaban J connectivity index is 0.000000435. The molecular weight excluding hydrogens is 2300 g/mol. The van der Waals surface area contributed by atoms with Crippen molar-refractivity contribution in [3.8, 4) is 11.1 Å². The molecule has 2 aromatic heterocycles. The summed E-state index contributed by atoms with van der Waals surface area (Å²) in [5.74, 6) is -1.33. The standard InChI is InChI=1S/C25H25ClN2O4.C19H20BClO3.C13H8BrClO.C12H24B2O4.C12H17BrN2O3.C9H10BrNO2.C7H5BrO2.C6H4Cl.C2H7NO.BrH.ClH.Mg/c1-25(2,3)32-24(31)27-14-17-13-22(29)28(4)15-21(17)19-7-5-6-8-20(19)23(30)16-9-11-18(26)12-10-16;1-18(2)19(3,4)24-20(23-18)16-8-6-5-7-15(16)17(22)13-9-11-14(21)12-10-13;14-12-4-2-1-3-11(12)13(16)9-5-7-10(15)8-6-9;1-9(2)10(3,4)16-13(15-9)14-17-11(5,6)12(7,8)18-14;1-12(2,3)18-11(17)14-6-8-5-10(16)15(4)7-9(8)13;1-11(13-2)9(12)7-5-3-4-6-8(7)10;8-6-4-2-1-3-5(6)7(9)10;7-6-4-2-1-3-5-6;1-3-4-2;;;/h5-13,15H,14H2,1-4H3,(H,27,31);5-12H,1-4H3;1-8H;1-8H3;5,7H,6H2,1-4H3,(H,14,17);3-6H,1-2H3;1-4H,(H,9,10);2-5H;3H,1-2H3;2*1H;/q;;;;;;;-1;;;;+2/p-1. The van der Waals surface area contributed by atoms with Crippen molar-refractivity contribution in [2.75, 3.05) is 28.3 Å². The number of carbonyl (C=O) groups is 7. The number of aryl methyl sites for hydroxylation is 2. The van der Waals surface area contributed by atoms with Gasteiger partial charge in [-0.05, 0) is 304 Å². The average molecular weight is 2420 g/mol. The first-order valence-corrected chi connectivity index (χ1v) is 49.1. The fraction of sp³-hybridized carbons (Fsp3) is 0.324. The Hall–Kier alpha value is -8.18. The van der Waals surface area contributed by atoms with E-state index in [1.54, 1.807) is 241 Å². The number of benzene rings is 9. The molecule has 0 aliphatic carbocycles. The van der Waals surface area contributed by atoms with Crippen LogP contribution >= 0.6 is 123 Å². The third kappa shape index (κ3) is 40.6. The summed E-state index contributed by atoms with van der Waals surface area (Å²) in [7, 11) is 8.09. The van der Waals surface area contributed by atoms with Gasteiger partial charge >= 0.3 is 62.3 Å². The molecule has 3 saturated heterocycles. The minimum Gasteiger partial charge on any atom is -1.00 e. The average Bonchev–Trinajstić information content (AvgIpc) is 1.60. The molecule has 0 saturated carbocycles. The van der Waals surface area contributed by atoms with Crippen LogP contribution in [0, 0.1) is 6.07 Å². The Morgan fingerprint density at radius 3 is 1.10 bits per heavy atom. The molecular formula is C105H121B3Br5Cl5MgN6O20. The Morgan fingerprint density at radius 1 is 0.434 bits per heavy atom. The van der Waals surface area contributed by atoms with Gasteiger partial charge in [-0.25, -0.2) is 24.9 Å². The van der Waals surface area contributed by atoms with Gasteiger partial charge < -0.3 is 84.1 Å². The van der Waals surface area contributed by atoms with Gasteiger partial charge in [0.2, 0.25) is 0 Å². The number of halogens is 10. The maximum Gasteiger partial charge on any atom is 2.00 e. The number of nitrogens with one attached hydrogen (secondary N) is 3. The molecule has 0 radical (unpaired) electrons. The van der Waals surface area contributed by atoms with Crippen LogP contribution < -0.4 is 49.7 Å². The fourth-order valence-corrected chi connectivity index (χ4v) is 14.8. The number of carboxylic acid groups (broad SMARTS) is 1. The largest absolute Gasteiger partial charge is 2.00 e. The first kappa shape index (κ1) is 131. The predicted octanol–water partition coefficient (Wildman–Crippen LogP) is 20.8. The molecule has 0 unspecified atom stereocenters. The van der Waals surface area contributed by atoms with Crippen LogP contribution in [0.15, 0.2) is 270 Å². The Kier molecular flexibility index (Phi) is 53.7. The van der Waals surface area contributed by atoms with E-state index in [2.05, 4.69) is 90.7 Å². The number of nitrogens with zero attached hydrogens (tertiary/aromatic N) is 3. The van der Waals surface area contributed by atoms with E-state index in [0.29, 0.717) is 86.3 Å². The van der Waals surface area contributed by atoms with E-state index in [-0.39, 0.29) is 122 Å². The smallest absolute Gasteiger partial charge is 1.00 e. The van der Waals surface area contributed by atoms with Crippen LogP contribution in [0.5, 0.6) is 0 Å². The zero-order valence-electron chi connectivity index (χ0n) is 85.3. The van der Waals surface area contributed by atoms with Gasteiger partial charge in [0.25, 0.3) is 17.0 Å². The molecule has 3 amide bonds. The zero-order valence-corrected chi connectivity index (χ0v) is 98.5. The van der Waals surface area contributed by atoms with Crippen LogP contribution in [0.25, 0.3) is 11.1 Å². The minimum absolute atomic E-state index is 0. The monoisotopic (exact) mass is 2410 g/mol. The Labute approximate surface area is 937 Å². The first-order chi connectivity index (χ1) is 66.2. The predicted molar refractivity (Wildman–Crippen MR) is 589 cm³/mol. The normalized spacial score (nSPS) is 14.2. The molecule has 145 heavy (non-hydrogen) atoms. The van der Waals surface area contributed by atoms with E-state index < -0.39 is 61.7 Å². The van der Waals surface area contributed by atoms with Crippen molar-refractivity contribution in [2.45, 2.75) is 183 Å². The quantitative estimate of drug-likeness (QED) is 0.0285. The molecule has 3 aliphatic rings. The van der Waals surface area contributed by atoms with Gasteiger partial charge in [0.1, 0.15) is 11.2 Å². The molecule has 3 aliphatic heterocycles. The number of hydrogen-bond acceptors (Lipinski definition) is 20. The summed E-state index contributed by atoms with van der Waals surface area (Å²) in [4.78, 5) is 117. The summed E-state index contributed by atoms with van der Waals surface area (Å²) in [5.41, 5.74) is 6.25. The van der Waals surface area contributed by atoms with Crippen LogP contribution in [0.3, 0.4) is 0 Å². The van der Waals surface area contributed by atoms with E-state index in [4.69, 9.17) is 93.7 Å². The number of hydroxylamine groups is 3. The number of carbonyl (C=O) groups excluding carboxylic acids is 6. The summed E-state index contributed by atoms with van der Waals surface area (Å²) in [5, 5.41) is 17.5. The van der Waals surface area contributed by atoms with E-state index in [1.807, 2.05) is 150 Å². The number of hydrogen-bond donors (Lipinski definition) is 4. The Bertz CT molecular complexity index is 6170. The number of ketones is 3. The van der Waals surface area contributed by atoms with Crippen LogP contribution in [0.4, 0.5) is 9.59 Å². The number of amides is 3. The number of pyridine rings is 2. The third-order valence-electron chi connectivity index (χ3n) is 22.2. The molecule has 0 atom stereocenters. The summed E-state index contributed by atoms with van der Waals surface area (Å²) in [6.07, 6.45) is 2.24. The second-order valence-electron chi connectivity index (χ2n) is 36.8. The number of ether oxygens (including phenoxy) is 2. The summed E-state index contributed by atoms with van der Waals surface area (Å²) in [6.45, 7) is 35.2. The second kappa shape index (κ2) is 59.4. The number of rotatable bonds is 17. The van der Waals surface area contributed by atoms with Crippen molar-refractivity contribution < 1.29 is 103 Å². The number of aromatic carboxylic acids is 1. The summed E-state index contributed by atoms with van der Waals surface area (Å²) < 4.78 is 52.3. The van der Waals surface area contributed by atoms with Gasteiger partial charge in [0.05, 0.1) is 59.0 Å². The maximum atomic E-state index is 13.2. The molecule has 772 valence electrons. The van der Waals surface area contributed by atoms with Crippen molar-refractivity contribution in [3.63, 3.8) is 0 Å². The van der Waals surface area contributed by atoms with Gasteiger partial charge in [0, 0.05) is 138 Å². The number of aromatic nitrogens is 2. The van der Waals surface area contributed by atoms with E-state index in [1.165, 1.54) is 33.4 Å². The topological polar surface area (TPSA) is 315 Å². The van der Waals surface area contributed by atoms with E-state index in [9.17, 15) is 43.2 Å². The number of carboxylic acids is 1. The fourth-order valence-electron chi connectivity index (χ4n) is 12.4. The summed E-state index contributed by atoms with van der Waals surface area (Å²) >= 11 is 36.3. The second-order valence-corrected chi connectivity index (χ2v) is 42.0. The van der Waals surface area contributed by atoms with Crippen molar-refractivity contribution in [2.24, 2.45) is 14.1 Å². The molecule has 3 fully saturated rings. The van der Waals surface area contributed by atoms with Crippen LogP contribution in [-0.2, 0) is 74.3 Å². The van der Waals surface area contributed by atoms with Crippen LogP contribution in [0.2, 0.25) is 20.1 Å². The molecule has 0 bridgehead atoms. The van der Waals surface area contributed by atoms with Crippen molar-refractivity contribution in [1.29, 1.82) is 0 Å². The maximum absolute atomic E-state index is 13.2. The number of alkyl carbamates (subject to hydrolysis) is 2. The van der Waals surface area contributed by atoms with Gasteiger partial charge in [-0.1, -0.05) is 141 Å². The Morgan fingerprint density at radius 2 is 0.745 bits per heavy atom. The van der Waals surface area contributed by atoms with Crippen LogP contribution in [-0.4, -0.2) is 178 Å². The van der Waals surface area contributed by atoms with Gasteiger partial charge in [-0.2, -0.15) is 30.3 Å². The first-order valence-electron chi connectivity index (χ1n) is 44.5. The van der Waals surface area contributed by atoms with Crippen molar-refractivity contribution >= 4 is 214 Å². The van der Waals surface area contributed by atoms with Gasteiger partial charge in [0.15, 0.2) is 17.3 Å². The molecule has 14 rings (SSSR count). The van der Waals surface area contributed by atoms with Crippen LogP contribution in [0.1, 0.15) is 204 Å². The van der Waals surface area contributed by atoms with Crippen molar-refractivity contribution in [1.82, 2.24) is 30.3 Å². The van der Waals surface area contributed by atoms with E-state index in [0.717, 1.165) is 23.9 Å². The molecule has 5 heterocycles. The zero-order chi connectivity index (χ0) is 106. The van der Waals surface area contributed by atoms with Gasteiger partial charge in [-0.3, -0.25) is 33.6 Å². The minimum atomic E-state index is -0.910. The molecule has 26 nitrogen and oxygen atoms in total. The molecule has 0 spiro atoms. The van der Waals surface area contributed by atoms with Gasteiger partial charge in [-0.15, -0.1) is 24.0 Å².